The van der Waals surface area contributed by atoms with Crippen LogP contribution in [0.15, 0.2) is 32.8 Å². The number of nitrogens with zero attached hydrogens (tertiary/aromatic N) is 3. The van der Waals surface area contributed by atoms with Gasteiger partial charge in [0.25, 0.3) is 4.74 Å². The molecular formula is C9H9N3OS2. The third-order valence-electron chi connectivity index (χ3n) is 1.75. The molecule has 0 aliphatic heterocycles. The van der Waals surface area contributed by atoms with E-state index in [1.165, 1.54) is 23.1 Å². The lowest BCUT2D eigenvalue weighted by Crippen LogP contribution is -2.02. The predicted octanol–water partition coefficient (Wildman–Crippen LogP) is 1.70. The molecule has 0 saturated carbocycles. The highest BCUT2D eigenvalue weighted by Gasteiger charge is 2.07. The SMILES string of the molecule is Cc1csc(=O)c(Sc2nccn2C)n1. The fourth-order valence-corrected chi connectivity index (χ4v) is 2.53. The van der Waals surface area contributed by atoms with E-state index in [4.69, 9.17) is 0 Å². The Balaban J connectivity index is 2.36. The van der Waals surface area contributed by atoms with Crippen LogP contribution in [-0.4, -0.2) is 14.5 Å². The van der Waals surface area contributed by atoms with Crippen LogP contribution in [0.2, 0.25) is 0 Å². The van der Waals surface area contributed by atoms with Crippen molar-refractivity contribution in [1.29, 1.82) is 0 Å². The molecule has 0 bridgehead atoms. The number of hydrogen-bond acceptors (Lipinski definition) is 5. The van der Waals surface area contributed by atoms with Crippen LogP contribution in [0.3, 0.4) is 0 Å². The van der Waals surface area contributed by atoms with Gasteiger partial charge in [-0.1, -0.05) is 11.3 Å². The molecule has 15 heavy (non-hydrogen) atoms. The lowest BCUT2D eigenvalue weighted by atomic mass is 10.6. The first-order valence-electron chi connectivity index (χ1n) is 4.28. The van der Waals surface area contributed by atoms with E-state index >= 15 is 0 Å². The van der Waals surface area contributed by atoms with Gasteiger partial charge in [-0.3, -0.25) is 4.79 Å². The van der Waals surface area contributed by atoms with Crippen molar-refractivity contribution in [3.05, 3.63) is 33.0 Å². The minimum atomic E-state index is -0.0198. The Kier molecular flexibility index (Phi) is 2.88. The molecule has 2 aromatic heterocycles. The average molecular weight is 239 g/mol. The standard InChI is InChI=1S/C9H9N3OS2/c1-6-5-14-8(13)7(11-6)15-9-10-3-4-12(9)2/h3-5H,1-2H3. The van der Waals surface area contributed by atoms with E-state index in [0.717, 1.165) is 10.9 Å². The number of aryl methyl sites for hydroxylation is 2. The van der Waals surface area contributed by atoms with Crippen LogP contribution in [0, 0.1) is 6.92 Å². The maximum atomic E-state index is 11.5. The quantitative estimate of drug-likeness (QED) is 0.800. The topological polar surface area (TPSA) is 47.8 Å². The maximum Gasteiger partial charge on any atom is 0.265 e. The van der Waals surface area contributed by atoms with Gasteiger partial charge in [0, 0.05) is 30.5 Å². The summed E-state index contributed by atoms with van der Waals surface area (Å²) < 4.78 is 1.84. The molecule has 0 aromatic carbocycles. The molecule has 4 nitrogen and oxygen atoms in total. The van der Waals surface area contributed by atoms with Crippen LogP contribution >= 0.6 is 23.1 Å². The third-order valence-corrected chi connectivity index (χ3v) is 3.80. The summed E-state index contributed by atoms with van der Waals surface area (Å²) in [5.41, 5.74) is 0.858. The summed E-state index contributed by atoms with van der Waals surface area (Å²) in [6.45, 7) is 1.87. The summed E-state index contributed by atoms with van der Waals surface area (Å²) in [6, 6.07) is 0. The minimum absolute atomic E-state index is 0.0198. The molecule has 78 valence electrons. The molecule has 2 heterocycles. The van der Waals surface area contributed by atoms with Crippen molar-refractivity contribution < 1.29 is 0 Å². The fourth-order valence-electron chi connectivity index (χ4n) is 1.02. The first-order valence-corrected chi connectivity index (χ1v) is 5.98. The zero-order valence-electron chi connectivity index (χ0n) is 8.30. The lowest BCUT2D eigenvalue weighted by Gasteiger charge is -1.99. The van der Waals surface area contributed by atoms with Crippen LogP contribution in [-0.2, 0) is 7.05 Å². The van der Waals surface area contributed by atoms with Gasteiger partial charge in [0.05, 0.1) is 0 Å². The highest BCUT2D eigenvalue weighted by molar-refractivity contribution is 7.99. The molecule has 6 heteroatoms. The van der Waals surface area contributed by atoms with E-state index in [2.05, 4.69) is 9.97 Å². The largest absolute Gasteiger partial charge is 0.329 e. The van der Waals surface area contributed by atoms with Gasteiger partial charge in [-0.25, -0.2) is 9.97 Å². The second-order valence-corrected chi connectivity index (χ2v) is 4.80. The summed E-state index contributed by atoms with van der Waals surface area (Å²) in [4.78, 5) is 19.8. The van der Waals surface area contributed by atoms with Gasteiger partial charge in [0.2, 0.25) is 0 Å². The molecule has 0 fully saturated rings. The van der Waals surface area contributed by atoms with Crippen LogP contribution in [0.4, 0.5) is 0 Å². The Hall–Kier alpha value is -1.14. The zero-order chi connectivity index (χ0) is 10.8. The van der Waals surface area contributed by atoms with Gasteiger partial charge < -0.3 is 4.57 Å². The number of rotatable bonds is 2. The summed E-state index contributed by atoms with van der Waals surface area (Å²) in [6.07, 6.45) is 3.54. The Morgan fingerprint density at radius 1 is 1.53 bits per heavy atom. The van der Waals surface area contributed by atoms with E-state index in [0.29, 0.717) is 5.03 Å². The van der Waals surface area contributed by atoms with Gasteiger partial charge in [-0.2, -0.15) is 0 Å². The molecule has 2 aromatic rings. The third kappa shape index (κ3) is 2.27. The van der Waals surface area contributed by atoms with Gasteiger partial charge in [-0.15, -0.1) is 0 Å². The molecule has 0 aliphatic rings. The van der Waals surface area contributed by atoms with Crippen LogP contribution < -0.4 is 4.74 Å². The highest BCUT2D eigenvalue weighted by atomic mass is 32.2. The molecule has 0 unspecified atom stereocenters. The van der Waals surface area contributed by atoms with Crippen LogP contribution in [0.5, 0.6) is 0 Å². The molecule has 0 amide bonds. The summed E-state index contributed by atoms with van der Waals surface area (Å²) in [5.74, 6) is 0. The van der Waals surface area contributed by atoms with Gasteiger partial charge in [-0.05, 0) is 18.7 Å². The van der Waals surface area contributed by atoms with Crippen molar-refractivity contribution in [2.75, 3.05) is 0 Å². The molecule has 0 N–H and O–H groups in total. The molecule has 0 radical (unpaired) electrons. The number of aromatic nitrogens is 3. The fraction of sp³-hybridized carbons (Fsp3) is 0.222. The Bertz CT molecular complexity index is 532. The van der Waals surface area contributed by atoms with Gasteiger partial charge >= 0.3 is 0 Å². The smallest absolute Gasteiger partial charge is 0.265 e. The van der Waals surface area contributed by atoms with E-state index in [1.54, 1.807) is 11.6 Å². The van der Waals surface area contributed by atoms with Gasteiger partial charge in [0.15, 0.2) is 10.2 Å². The first kappa shape index (κ1) is 10.4. The Labute approximate surface area is 95.0 Å². The van der Waals surface area contributed by atoms with Crippen LogP contribution in [0.25, 0.3) is 0 Å². The van der Waals surface area contributed by atoms with Crippen molar-refractivity contribution >= 4 is 23.1 Å². The van der Waals surface area contributed by atoms with Crippen molar-refractivity contribution in [1.82, 2.24) is 14.5 Å². The monoisotopic (exact) mass is 239 g/mol. The molecular weight excluding hydrogens is 230 g/mol. The minimum Gasteiger partial charge on any atom is -0.329 e. The van der Waals surface area contributed by atoms with Crippen molar-refractivity contribution in [2.24, 2.45) is 7.05 Å². The van der Waals surface area contributed by atoms with Crippen LogP contribution in [0.1, 0.15) is 5.69 Å². The van der Waals surface area contributed by atoms with Crippen molar-refractivity contribution in [3.63, 3.8) is 0 Å². The summed E-state index contributed by atoms with van der Waals surface area (Å²) in [5, 5.41) is 3.02. The second kappa shape index (κ2) is 4.16. The average Bonchev–Trinajstić information content (AvgIpc) is 2.58. The van der Waals surface area contributed by atoms with E-state index in [9.17, 15) is 4.79 Å². The Morgan fingerprint density at radius 2 is 2.33 bits per heavy atom. The molecule has 0 atom stereocenters. The summed E-state index contributed by atoms with van der Waals surface area (Å²) >= 11 is 2.47. The van der Waals surface area contributed by atoms with Gasteiger partial charge in [0.1, 0.15) is 0 Å². The predicted molar refractivity (Wildman–Crippen MR) is 60.5 cm³/mol. The van der Waals surface area contributed by atoms with E-state index < -0.39 is 0 Å². The zero-order valence-corrected chi connectivity index (χ0v) is 9.93. The second-order valence-electron chi connectivity index (χ2n) is 3.00. The lowest BCUT2D eigenvalue weighted by molar-refractivity contribution is 0.788. The maximum absolute atomic E-state index is 11.5. The number of hydrogen-bond donors (Lipinski definition) is 0. The molecule has 2 rings (SSSR count). The highest BCUT2D eigenvalue weighted by Crippen LogP contribution is 2.21. The van der Waals surface area contributed by atoms with E-state index in [1.807, 2.05) is 24.7 Å². The molecule has 0 saturated heterocycles. The normalized spacial score (nSPS) is 10.5. The molecule has 0 aliphatic carbocycles. The Morgan fingerprint density at radius 3 is 3.00 bits per heavy atom. The van der Waals surface area contributed by atoms with Crippen molar-refractivity contribution in [3.8, 4) is 0 Å². The number of imidazole rings is 1. The van der Waals surface area contributed by atoms with E-state index in [-0.39, 0.29) is 4.74 Å². The van der Waals surface area contributed by atoms with Crippen molar-refractivity contribution in [2.45, 2.75) is 17.1 Å². The first-order chi connectivity index (χ1) is 7.16. The summed E-state index contributed by atoms with van der Waals surface area (Å²) in [7, 11) is 1.89. The molecule has 0 spiro atoms.